The molecule has 88 valence electrons. The summed E-state index contributed by atoms with van der Waals surface area (Å²) in [6.45, 7) is 3.02. The van der Waals surface area contributed by atoms with Gasteiger partial charge in [-0.15, -0.1) is 0 Å². The standard InChI is InChI=1S/C10H12BrNO3S/c1-7(2)16(14,15)12-10(13)8-4-3-5-9(11)6-8/h3-7H,1-2H3,(H,12,13). The van der Waals surface area contributed by atoms with Crippen molar-refractivity contribution in [1.29, 1.82) is 0 Å². The Morgan fingerprint density at radius 1 is 1.38 bits per heavy atom. The molecule has 0 heterocycles. The third-order valence-electron chi connectivity index (χ3n) is 1.94. The van der Waals surface area contributed by atoms with Crippen LogP contribution in [0.1, 0.15) is 24.2 Å². The number of benzene rings is 1. The summed E-state index contributed by atoms with van der Waals surface area (Å²) in [4.78, 5) is 11.6. The zero-order valence-electron chi connectivity index (χ0n) is 8.90. The normalized spacial score (nSPS) is 11.5. The summed E-state index contributed by atoms with van der Waals surface area (Å²) < 4.78 is 25.6. The number of nitrogens with one attached hydrogen (secondary N) is 1. The summed E-state index contributed by atoms with van der Waals surface area (Å²) in [5, 5.41) is -0.636. The fourth-order valence-electron chi connectivity index (χ4n) is 0.936. The summed E-state index contributed by atoms with van der Waals surface area (Å²) >= 11 is 3.21. The highest BCUT2D eigenvalue weighted by Crippen LogP contribution is 2.12. The molecule has 0 fully saturated rings. The van der Waals surface area contributed by atoms with Gasteiger partial charge in [0, 0.05) is 10.0 Å². The van der Waals surface area contributed by atoms with Gasteiger partial charge in [0.05, 0.1) is 5.25 Å². The van der Waals surface area contributed by atoms with Gasteiger partial charge in [-0.25, -0.2) is 13.1 Å². The monoisotopic (exact) mass is 305 g/mol. The molecular weight excluding hydrogens is 294 g/mol. The second-order valence-corrected chi connectivity index (χ2v) is 6.69. The van der Waals surface area contributed by atoms with Crippen LogP contribution in [0.5, 0.6) is 0 Å². The molecule has 0 spiro atoms. The van der Waals surface area contributed by atoms with Crippen molar-refractivity contribution in [2.75, 3.05) is 0 Å². The van der Waals surface area contributed by atoms with E-state index in [1.807, 2.05) is 4.72 Å². The molecule has 6 heteroatoms. The van der Waals surface area contributed by atoms with Gasteiger partial charge in [-0.1, -0.05) is 22.0 Å². The number of carbonyl (C=O) groups excluding carboxylic acids is 1. The Balaban J connectivity index is 2.90. The Labute approximate surface area is 103 Å². The molecule has 0 aromatic heterocycles. The molecule has 4 nitrogen and oxygen atoms in total. The van der Waals surface area contributed by atoms with Crippen LogP contribution in [-0.2, 0) is 10.0 Å². The van der Waals surface area contributed by atoms with Crippen LogP contribution in [0.25, 0.3) is 0 Å². The van der Waals surface area contributed by atoms with Crippen LogP contribution in [0.3, 0.4) is 0 Å². The van der Waals surface area contributed by atoms with Crippen molar-refractivity contribution in [3.05, 3.63) is 34.3 Å². The molecule has 1 aromatic carbocycles. The first-order valence-electron chi connectivity index (χ1n) is 4.64. The number of halogens is 1. The molecule has 16 heavy (non-hydrogen) atoms. The van der Waals surface area contributed by atoms with Gasteiger partial charge in [-0.3, -0.25) is 4.79 Å². The fraction of sp³-hybridized carbons (Fsp3) is 0.300. The lowest BCUT2D eigenvalue weighted by molar-refractivity contribution is 0.0981. The zero-order valence-corrected chi connectivity index (χ0v) is 11.3. The first kappa shape index (κ1) is 13.2. The van der Waals surface area contributed by atoms with E-state index in [0.29, 0.717) is 5.56 Å². The summed E-state index contributed by atoms with van der Waals surface area (Å²) in [5.74, 6) is -0.616. The van der Waals surface area contributed by atoms with E-state index in [4.69, 9.17) is 0 Å². The maximum atomic E-state index is 11.6. The minimum Gasteiger partial charge on any atom is -0.268 e. The third kappa shape index (κ3) is 3.31. The SMILES string of the molecule is CC(C)S(=O)(=O)NC(=O)c1cccc(Br)c1. The molecule has 1 N–H and O–H groups in total. The van der Waals surface area contributed by atoms with Crippen molar-refractivity contribution >= 4 is 31.9 Å². The van der Waals surface area contributed by atoms with E-state index in [1.165, 1.54) is 13.8 Å². The Morgan fingerprint density at radius 2 is 2.00 bits per heavy atom. The van der Waals surface area contributed by atoms with Gasteiger partial charge in [0.15, 0.2) is 0 Å². The van der Waals surface area contributed by atoms with Gasteiger partial charge in [0.25, 0.3) is 5.91 Å². The predicted octanol–water partition coefficient (Wildman–Crippen LogP) is 1.92. The van der Waals surface area contributed by atoms with Crippen molar-refractivity contribution in [1.82, 2.24) is 4.72 Å². The van der Waals surface area contributed by atoms with Gasteiger partial charge in [0.2, 0.25) is 10.0 Å². The smallest absolute Gasteiger partial charge is 0.264 e. The maximum absolute atomic E-state index is 11.6. The second kappa shape index (κ2) is 4.97. The lowest BCUT2D eigenvalue weighted by Gasteiger charge is -2.09. The third-order valence-corrected chi connectivity index (χ3v) is 4.15. The van der Waals surface area contributed by atoms with Gasteiger partial charge >= 0.3 is 0 Å². The van der Waals surface area contributed by atoms with Crippen LogP contribution in [0.4, 0.5) is 0 Å². The fourth-order valence-corrected chi connectivity index (χ4v) is 1.95. The maximum Gasteiger partial charge on any atom is 0.264 e. The lowest BCUT2D eigenvalue weighted by atomic mass is 10.2. The Kier molecular flexibility index (Phi) is 4.09. The van der Waals surface area contributed by atoms with Crippen LogP contribution >= 0.6 is 15.9 Å². The molecule has 1 amide bonds. The highest BCUT2D eigenvalue weighted by Gasteiger charge is 2.19. The molecule has 0 aliphatic rings. The average Bonchev–Trinajstić information content (AvgIpc) is 2.16. The van der Waals surface area contributed by atoms with Gasteiger partial charge in [-0.05, 0) is 32.0 Å². The molecule has 0 bridgehead atoms. The van der Waals surface area contributed by atoms with Crippen molar-refractivity contribution in [2.24, 2.45) is 0 Å². The van der Waals surface area contributed by atoms with Crippen LogP contribution < -0.4 is 4.72 Å². The molecule has 0 saturated heterocycles. The zero-order chi connectivity index (χ0) is 12.3. The van der Waals surface area contributed by atoms with Gasteiger partial charge in [-0.2, -0.15) is 0 Å². The molecule has 0 radical (unpaired) electrons. The summed E-state index contributed by atoms with van der Waals surface area (Å²) in [5.41, 5.74) is 0.304. The molecule has 0 atom stereocenters. The number of hydrogen-bond acceptors (Lipinski definition) is 3. The Morgan fingerprint density at radius 3 is 2.50 bits per heavy atom. The number of carbonyl (C=O) groups is 1. The number of amides is 1. The quantitative estimate of drug-likeness (QED) is 0.928. The molecule has 0 unspecified atom stereocenters. The Hall–Kier alpha value is -0.880. The summed E-state index contributed by atoms with van der Waals surface area (Å²) in [6.07, 6.45) is 0. The molecule has 1 aromatic rings. The summed E-state index contributed by atoms with van der Waals surface area (Å²) in [6, 6.07) is 6.54. The van der Waals surface area contributed by atoms with E-state index >= 15 is 0 Å². The van der Waals surface area contributed by atoms with E-state index in [-0.39, 0.29) is 0 Å². The molecule has 1 rings (SSSR count). The number of rotatable bonds is 3. The van der Waals surface area contributed by atoms with E-state index < -0.39 is 21.2 Å². The highest BCUT2D eigenvalue weighted by atomic mass is 79.9. The minimum absolute atomic E-state index is 0.304. The lowest BCUT2D eigenvalue weighted by Crippen LogP contribution is -2.35. The van der Waals surface area contributed by atoms with E-state index in [1.54, 1.807) is 24.3 Å². The van der Waals surface area contributed by atoms with Gasteiger partial charge in [0.1, 0.15) is 0 Å². The topological polar surface area (TPSA) is 63.2 Å². The van der Waals surface area contributed by atoms with E-state index in [0.717, 1.165) is 4.47 Å². The first-order valence-corrected chi connectivity index (χ1v) is 6.98. The van der Waals surface area contributed by atoms with Crippen LogP contribution in [0.15, 0.2) is 28.7 Å². The van der Waals surface area contributed by atoms with Crippen molar-refractivity contribution < 1.29 is 13.2 Å². The van der Waals surface area contributed by atoms with Crippen LogP contribution in [0.2, 0.25) is 0 Å². The van der Waals surface area contributed by atoms with E-state index in [2.05, 4.69) is 15.9 Å². The predicted molar refractivity (Wildman–Crippen MR) is 65.7 cm³/mol. The van der Waals surface area contributed by atoms with Crippen LogP contribution in [-0.4, -0.2) is 19.6 Å². The van der Waals surface area contributed by atoms with Crippen molar-refractivity contribution in [3.63, 3.8) is 0 Å². The minimum atomic E-state index is -3.57. The average molecular weight is 306 g/mol. The Bertz CT molecular complexity index is 497. The first-order chi connectivity index (χ1) is 7.33. The second-order valence-electron chi connectivity index (χ2n) is 3.54. The molecule has 0 aliphatic heterocycles. The van der Waals surface area contributed by atoms with E-state index in [9.17, 15) is 13.2 Å². The molecule has 0 aliphatic carbocycles. The molecular formula is C10H12BrNO3S. The molecule has 0 saturated carbocycles. The number of hydrogen-bond donors (Lipinski definition) is 1. The number of sulfonamides is 1. The van der Waals surface area contributed by atoms with Crippen molar-refractivity contribution in [2.45, 2.75) is 19.1 Å². The van der Waals surface area contributed by atoms with Crippen molar-refractivity contribution in [3.8, 4) is 0 Å². The van der Waals surface area contributed by atoms with Crippen LogP contribution in [0, 0.1) is 0 Å². The highest BCUT2D eigenvalue weighted by molar-refractivity contribution is 9.10. The summed E-state index contributed by atoms with van der Waals surface area (Å²) in [7, 11) is -3.57. The van der Waals surface area contributed by atoms with Gasteiger partial charge < -0.3 is 0 Å². The largest absolute Gasteiger partial charge is 0.268 e.